The Morgan fingerprint density at radius 3 is 2.33 bits per heavy atom. The summed E-state index contributed by atoms with van der Waals surface area (Å²) < 4.78 is 34.0. The Kier molecular flexibility index (Phi) is 9.15. The van der Waals surface area contributed by atoms with Gasteiger partial charge in [0.15, 0.2) is 0 Å². The normalized spacial score (nSPS) is 11.6. The second-order valence-corrected chi connectivity index (χ2v) is 11.3. The Bertz CT molecular complexity index is 1630. The van der Waals surface area contributed by atoms with Crippen molar-refractivity contribution in [3.63, 3.8) is 0 Å². The number of aryl methyl sites for hydroxylation is 2. The van der Waals surface area contributed by atoms with Crippen molar-refractivity contribution in [2.45, 2.75) is 31.8 Å². The van der Waals surface area contributed by atoms with Gasteiger partial charge >= 0.3 is 11.8 Å². The van der Waals surface area contributed by atoms with Crippen molar-refractivity contribution in [2.75, 3.05) is 5.32 Å². The van der Waals surface area contributed by atoms with Crippen molar-refractivity contribution in [3.8, 4) is 0 Å². The van der Waals surface area contributed by atoms with E-state index in [2.05, 4.69) is 15.8 Å². The quantitative estimate of drug-likeness (QED) is 0.164. The maximum Gasteiger partial charge on any atom is 0.329 e. The fraction of sp³-hybridized carbons (Fsp3) is 0.138. The molecule has 0 saturated carbocycles. The van der Waals surface area contributed by atoms with Crippen LogP contribution in [0.15, 0.2) is 99.3 Å². The van der Waals surface area contributed by atoms with Crippen LogP contribution in [0.3, 0.4) is 0 Å². The summed E-state index contributed by atoms with van der Waals surface area (Å²) in [7, 11) is -3.89. The standard InChI is InChI=1S/C29H27ClN4O5S/c1-20-8-11-24(16-21(20)2)32-28(35)29(36)33-31-17-25-12-13-26(39-25)19-34(18-22-6-4-3-5-7-22)40(37,38)27-14-9-23(30)10-15-27/h3-17H,18-19H2,1-2H3,(H,32,35)(H,33,36)/b31-17+. The number of carbonyl (C=O) groups excluding carboxylic acids is 2. The Balaban J connectivity index is 1.42. The molecule has 0 aliphatic carbocycles. The average molecular weight is 579 g/mol. The number of hydrazone groups is 1. The number of nitrogens with one attached hydrogen (secondary N) is 2. The van der Waals surface area contributed by atoms with Gasteiger partial charge in [0.25, 0.3) is 0 Å². The molecule has 0 aliphatic rings. The number of carbonyl (C=O) groups is 2. The summed E-state index contributed by atoms with van der Waals surface area (Å²) in [5.41, 5.74) is 5.49. The number of nitrogens with zero attached hydrogens (tertiary/aromatic N) is 2. The second kappa shape index (κ2) is 12.7. The van der Waals surface area contributed by atoms with E-state index in [1.807, 2.05) is 50.2 Å². The number of hydrogen-bond acceptors (Lipinski definition) is 6. The number of benzene rings is 3. The van der Waals surface area contributed by atoms with Crippen molar-refractivity contribution < 1.29 is 22.4 Å². The summed E-state index contributed by atoms with van der Waals surface area (Å²) >= 11 is 5.95. The van der Waals surface area contributed by atoms with E-state index in [9.17, 15) is 18.0 Å². The summed E-state index contributed by atoms with van der Waals surface area (Å²) in [5.74, 6) is -1.21. The van der Waals surface area contributed by atoms with Crippen LogP contribution in [0.2, 0.25) is 5.02 Å². The number of furan rings is 1. The van der Waals surface area contributed by atoms with E-state index < -0.39 is 21.8 Å². The Morgan fingerprint density at radius 2 is 1.62 bits per heavy atom. The van der Waals surface area contributed by atoms with Crippen LogP contribution in [0.5, 0.6) is 0 Å². The Morgan fingerprint density at radius 1 is 0.900 bits per heavy atom. The lowest BCUT2D eigenvalue weighted by atomic mass is 10.1. The fourth-order valence-corrected chi connectivity index (χ4v) is 5.22. The minimum Gasteiger partial charge on any atom is -0.459 e. The van der Waals surface area contributed by atoms with E-state index in [0.29, 0.717) is 16.5 Å². The molecular formula is C29H27ClN4O5S. The molecule has 1 heterocycles. The van der Waals surface area contributed by atoms with Gasteiger partial charge in [-0.1, -0.05) is 48.0 Å². The van der Waals surface area contributed by atoms with E-state index in [4.69, 9.17) is 16.0 Å². The van der Waals surface area contributed by atoms with Crippen LogP contribution >= 0.6 is 11.6 Å². The molecule has 206 valence electrons. The van der Waals surface area contributed by atoms with Crippen molar-refractivity contribution in [1.29, 1.82) is 0 Å². The van der Waals surface area contributed by atoms with E-state index in [0.717, 1.165) is 16.7 Å². The van der Waals surface area contributed by atoms with Gasteiger partial charge < -0.3 is 9.73 Å². The molecular weight excluding hydrogens is 552 g/mol. The zero-order valence-corrected chi connectivity index (χ0v) is 23.4. The zero-order chi connectivity index (χ0) is 28.7. The molecule has 4 aromatic rings. The van der Waals surface area contributed by atoms with Gasteiger partial charge in [-0.25, -0.2) is 13.8 Å². The predicted molar refractivity (Wildman–Crippen MR) is 153 cm³/mol. The highest BCUT2D eigenvalue weighted by Gasteiger charge is 2.26. The Labute approximate surface area is 237 Å². The molecule has 0 spiro atoms. The summed E-state index contributed by atoms with van der Waals surface area (Å²) in [6.45, 7) is 3.91. The first-order valence-corrected chi connectivity index (χ1v) is 14.0. The molecule has 1 aromatic heterocycles. The second-order valence-electron chi connectivity index (χ2n) is 8.97. The van der Waals surface area contributed by atoms with Crippen molar-refractivity contribution in [1.82, 2.24) is 9.73 Å². The number of amides is 2. The molecule has 0 radical (unpaired) electrons. The van der Waals surface area contributed by atoms with Gasteiger partial charge in [0.2, 0.25) is 10.0 Å². The van der Waals surface area contributed by atoms with Gasteiger partial charge in [-0.2, -0.15) is 9.41 Å². The van der Waals surface area contributed by atoms with E-state index in [-0.39, 0.29) is 23.7 Å². The van der Waals surface area contributed by atoms with Crippen LogP contribution in [-0.4, -0.2) is 30.8 Å². The summed E-state index contributed by atoms with van der Waals surface area (Å²) in [4.78, 5) is 24.4. The molecule has 11 heteroatoms. The smallest absolute Gasteiger partial charge is 0.329 e. The van der Waals surface area contributed by atoms with Crippen LogP contribution in [0.25, 0.3) is 0 Å². The van der Waals surface area contributed by atoms with Crippen LogP contribution in [0.4, 0.5) is 5.69 Å². The van der Waals surface area contributed by atoms with E-state index in [1.165, 1.54) is 34.8 Å². The molecule has 0 fully saturated rings. The lowest BCUT2D eigenvalue weighted by Crippen LogP contribution is -2.32. The maximum absolute atomic E-state index is 13.5. The molecule has 9 nitrogen and oxygen atoms in total. The fourth-order valence-electron chi connectivity index (χ4n) is 3.70. The largest absolute Gasteiger partial charge is 0.459 e. The van der Waals surface area contributed by atoms with Crippen molar-refractivity contribution >= 4 is 45.3 Å². The SMILES string of the molecule is Cc1ccc(NC(=O)C(=O)N/N=C/c2ccc(CN(Cc3ccccc3)S(=O)(=O)c3ccc(Cl)cc3)o2)cc1C. The van der Waals surface area contributed by atoms with Gasteiger partial charge in [0, 0.05) is 17.3 Å². The third-order valence-corrected chi connectivity index (χ3v) is 8.05. The van der Waals surface area contributed by atoms with Crippen LogP contribution in [0.1, 0.15) is 28.2 Å². The highest BCUT2D eigenvalue weighted by atomic mass is 35.5. The van der Waals surface area contributed by atoms with Crippen molar-refractivity contribution in [3.05, 3.63) is 118 Å². The molecule has 0 unspecified atom stereocenters. The highest BCUT2D eigenvalue weighted by Crippen LogP contribution is 2.23. The first kappa shape index (κ1) is 28.8. The van der Waals surface area contributed by atoms with Gasteiger partial charge in [-0.05, 0) is 79.1 Å². The minimum absolute atomic E-state index is 0.0571. The van der Waals surface area contributed by atoms with Gasteiger partial charge in [0.05, 0.1) is 17.7 Å². The van der Waals surface area contributed by atoms with Gasteiger partial charge in [-0.15, -0.1) is 0 Å². The zero-order valence-electron chi connectivity index (χ0n) is 21.8. The maximum atomic E-state index is 13.5. The lowest BCUT2D eigenvalue weighted by molar-refractivity contribution is -0.136. The van der Waals surface area contributed by atoms with Gasteiger partial charge in [0.1, 0.15) is 11.5 Å². The summed E-state index contributed by atoms with van der Waals surface area (Å²) in [6, 6.07) is 23.7. The average Bonchev–Trinajstić information content (AvgIpc) is 3.38. The predicted octanol–water partition coefficient (Wildman–Crippen LogP) is 5.03. The van der Waals surface area contributed by atoms with Crippen LogP contribution in [0, 0.1) is 13.8 Å². The number of halogens is 1. The number of sulfonamides is 1. The third kappa shape index (κ3) is 7.44. The molecule has 0 aliphatic heterocycles. The number of hydrogen-bond donors (Lipinski definition) is 2. The molecule has 40 heavy (non-hydrogen) atoms. The minimum atomic E-state index is -3.89. The molecule has 0 saturated heterocycles. The van der Waals surface area contributed by atoms with Crippen LogP contribution in [-0.2, 0) is 32.7 Å². The summed E-state index contributed by atoms with van der Waals surface area (Å²) in [5, 5.41) is 6.72. The topological polar surface area (TPSA) is 121 Å². The molecule has 3 aromatic carbocycles. The Hall–Kier alpha value is -4.25. The summed E-state index contributed by atoms with van der Waals surface area (Å²) in [6.07, 6.45) is 1.22. The highest BCUT2D eigenvalue weighted by molar-refractivity contribution is 7.89. The van der Waals surface area contributed by atoms with Gasteiger partial charge in [-0.3, -0.25) is 9.59 Å². The third-order valence-electron chi connectivity index (χ3n) is 6.00. The molecule has 0 atom stereocenters. The molecule has 2 amide bonds. The molecule has 0 bridgehead atoms. The van der Waals surface area contributed by atoms with E-state index >= 15 is 0 Å². The first-order chi connectivity index (χ1) is 19.1. The van der Waals surface area contributed by atoms with Crippen LogP contribution < -0.4 is 10.7 Å². The number of rotatable bonds is 9. The molecule has 4 rings (SSSR count). The first-order valence-electron chi connectivity index (χ1n) is 12.2. The lowest BCUT2D eigenvalue weighted by Gasteiger charge is -2.21. The van der Waals surface area contributed by atoms with Crippen molar-refractivity contribution in [2.24, 2.45) is 5.10 Å². The number of anilines is 1. The monoisotopic (exact) mass is 578 g/mol. The molecule has 2 N–H and O–H groups in total. The van der Waals surface area contributed by atoms with E-state index in [1.54, 1.807) is 24.3 Å².